The fourth-order valence-electron chi connectivity index (χ4n) is 2.03. The van der Waals surface area contributed by atoms with Crippen LogP contribution in [-0.2, 0) is 4.74 Å². The third kappa shape index (κ3) is 1.92. The number of carbonyl (C=O) groups is 1. The molecule has 0 aliphatic carbocycles. The van der Waals surface area contributed by atoms with Gasteiger partial charge in [0.25, 0.3) is 0 Å². The third-order valence-electron chi connectivity index (χ3n) is 2.91. The Kier molecular flexibility index (Phi) is 2.66. The summed E-state index contributed by atoms with van der Waals surface area (Å²) in [4.78, 5) is 19.4. The van der Waals surface area contributed by atoms with Crippen molar-refractivity contribution in [3.05, 3.63) is 29.7 Å². The Morgan fingerprint density at radius 2 is 2.37 bits per heavy atom. The molecule has 1 aliphatic rings. The number of alkyl carbamates (subject to hydrolysis) is 1. The quantitative estimate of drug-likeness (QED) is 0.890. The molecule has 0 unspecified atom stereocenters. The van der Waals surface area contributed by atoms with E-state index in [1.807, 2.05) is 0 Å². The number of methoxy groups -OCH3 is 1. The topological polar surface area (TPSA) is 73.3 Å². The minimum absolute atomic E-state index is 0.0633. The minimum atomic E-state index is -0.572. The molecule has 1 aromatic heterocycles. The van der Waals surface area contributed by atoms with Gasteiger partial charge in [0, 0.05) is 5.56 Å². The van der Waals surface area contributed by atoms with Crippen LogP contribution in [0.25, 0.3) is 11.0 Å². The molecule has 1 atom stereocenters. The van der Waals surface area contributed by atoms with Crippen molar-refractivity contribution < 1.29 is 18.7 Å². The highest BCUT2D eigenvalue weighted by Crippen LogP contribution is 2.28. The number of rotatable bonds is 2. The lowest BCUT2D eigenvalue weighted by molar-refractivity contribution is 0.177. The summed E-state index contributed by atoms with van der Waals surface area (Å²) in [5.74, 6) is -0.185. The molecule has 6 nitrogen and oxygen atoms in total. The third-order valence-corrected chi connectivity index (χ3v) is 2.91. The molecule has 2 aromatic rings. The van der Waals surface area contributed by atoms with E-state index in [9.17, 15) is 9.18 Å². The molecule has 2 heterocycles. The smallest absolute Gasteiger partial charge is 0.407 e. The molecule has 0 spiro atoms. The average Bonchev–Trinajstić information content (AvgIpc) is 2.84. The zero-order chi connectivity index (χ0) is 13.4. The summed E-state index contributed by atoms with van der Waals surface area (Å²) < 4.78 is 23.8. The van der Waals surface area contributed by atoms with Gasteiger partial charge in [-0.2, -0.15) is 0 Å². The van der Waals surface area contributed by atoms with Crippen LogP contribution in [0.5, 0.6) is 5.88 Å². The van der Waals surface area contributed by atoms with E-state index in [2.05, 4.69) is 15.3 Å². The van der Waals surface area contributed by atoms with Gasteiger partial charge in [-0.05, 0) is 12.1 Å². The number of ether oxygens (including phenoxy) is 2. The molecule has 3 rings (SSSR count). The van der Waals surface area contributed by atoms with Gasteiger partial charge < -0.3 is 14.8 Å². The number of aromatic nitrogens is 2. The van der Waals surface area contributed by atoms with Gasteiger partial charge in [0.15, 0.2) is 0 Å². The lowest BCUT2D eigenvalue weighted by Crippen LogP contribution is -2.20. The van der Waals surface area contributed by atoms with Crippen molar-refractivity contribution in [3.63, 3.8) is 0 Å². The van der Waals surface area contributed by atoms with Crippen molar-refractivity contribution in [1.82, 2.24) is 15.3 Å². The highest BCUT2D eigenvalue weighted by Gasteiger charge is 2.29. The van der Waals surface area contributed by atoms with Crippen LogP contribution in [0, 0.1) is 5.82 Å². The Balaban J connectivity index is 2.20. The second kappa shape index (κ2) is 4.34. The summed E-state index contributed by atoms with van der Waals surface area (Å²) in [6, 6.07) is 2.25. The predicted octanol–water partition coefficient (Wildman–Crippen LogP) is 1.56. The number of cyclic esters (lactones) is 1. The second-order valence-corrected chi connectivity index (χ2v) is 4.04. The number of hydrogen-bond acceptors (Lipinski definition) is 5. The molecule has 1 aromatic carbocycles. The maximum atomic E-state index is 14.0. The van der Waals surface area contributed by atoms with Gasteiger partial charge in [0.1, 0.15) is 17.9 Å². The molecule has 0 bridgehead atoms. The summed E-state index contributed by atoms with van der Waals surface area (Å²) in [6.07, 6.45) is 0.880. The fraction of sp³-hybridized carbons (Fsp3) is 0.250. The standard InChI is InChI=1S/C12H10FN3O3/c1-18-9-4-14-7-3-2-6(13)10(11(7)16-9)8-5-19-12(17)15-8/h2-4,8H,5H2,1H3,(H,15,17)/t8-/m1/s1. The first-order chi connectivity index (χ1) is 9.19. The van der Waals surface area contributed by atoms with Crippen LogP contribution in [-0.4, -0.2) is 29.8 Å². The molecule has 0 saturated carbocycles. The minimum Gasteiger partial charge on any atom is -0.480 e. The molecule has 0 radical (unpaired) electrons. The van der Waals surface area contributed by atoms with Crippen molar-refractivity contribution in [2.24, 2.45) is 0 Å². The average molecular weight is 263 g/mol. The first kappa shape index (κ1) is 11.6. The maximum Gasteiger partial charge on any atom is 0.407 e. The Morgan fingerprint density at radius 3 is 3.05 bits per heavy atom. The van der Waals surface area contributed by atoms with Gasteiger partial charge in [-0.25, -0.2) is 19.2 Å². The number of benzene rings is 1. The largest absolute Gasteiger partial charge is 0.480 e. The number of fused-ring (bicyclic) bond motifs is 1. The van der Waals surface area contributed by atoms with Crippen molar-refractivity contribution in [3.8, 4) is 5.88 Å². The summed E-state index contributed by atoms with van der Waals surface area (Å²) >= 11 is 0. The summed E-state index contributed by atoms with van der Waals surface area (Å²) in [6.45, 7) is 0.0633. The van der Waals surface area contributed by atoms with E-state index >= 15 is 0 Å². The van der Waals surface area contributed by atoms with Crippen LogP contribution in [0.2, 0.25) is 0 Å². The first-order valence-electron chi connectivity index (χ1n) is 5.61. The predicted molar refractivity (Wildman–Crippen MR) is 63.3 cm³/mol. The lowest BCUT2D eigenvalue weighted by Gasteiger charge is -2.12. The molecule has 7 heteroatoms. The van der Waals surface area contributed by atoms with E-state index in [1.165, 1.54) is 25.4 Å². The van der Waals surface area contributed by atoms with Gasteiger partial charge in [0.05, 0.1) is 24.9 Å². The van der Waals surface area contributed by atoms with Gasteiger partial charge >= 0.3 is 6.09 Å². The number of halogens is 1. The van der Waals surface area contributed by atoms with Crippen LogP contribution in [0.4, 0.5) is 9.18 Å². The van der Waals surface area contributed by atoms with Crippen molar-refractivity contribution >= 4 is 17.1 Å². The number of hydrogen-bond donors (Lipinski definition) is 1. The van der Waals surface area contributed by atoms with Crippen LogP contribution in [0.15, 0.2) is 18.3 Å². The van der Waals surface area contributed by atoms with Crippen LogP contribution >= 0.6 is 0 Å². The maximum absolute atomic E-state index is 14.0. The summed E-state index contributed by atoms with van der Waals surface area (Å²) in [5, 5.41) is 2.53. The molecule has 1 saturated heterocycles. The summed E-state index contributed by atoms with van der Waals surface area (Å²) in [5.41, 5.74) is 1.14. The molecule has 1 fully saturated rings. The van der Waals surface area contributed by atoms with E-state index in [0.29, 0.717) is 11.0 Å². The Morgan fingerprint density at radius 1 is 1.53 bits per heavy atom. The fourth-order valence-corrected chi connectivity index (χ4v) is 2.03. The summed E-state index contributed by atoms with van der Waals surface area (Å²) in [7, 11) is 1.45. The van der Waals surface area contributed by atoms with Gasteiger partial charge in [0.2, 0.25) is 5.88 Å². The highest BCUT2D eigenvalue weighted by atomic mass is 19.1. The zero-order valence-corrected chi connectivity index (χ0v) is 10.0. The Labute approximate surface area is 107 Å². The van der Waals surface area contributed by atoms with Crippen LogP contribution in [0.1, 0.15) is 11.6 Å². The van der Waals surface area contributed by atoms with Crippen molar-refractivity contribution in [2.45, 2.75) is 6.04 Å². The lowest BCUT2D eigenvalue weighted by atomic mass is 10.1. The van der Waals surface area contributed by atoms with Crippen molar-refractivity contribution in [2.75, 3.05) is 13.7 Å². The zero-order valence-electron chi connectivity index (χ0n) is 10.0. The van der Waals surface area contributed by atoms with Gasteiger partial charge in [-0.3, -0.25) is 0 Å². The Bertz CT molecular complexity index is 662. The molecule has 1 aliphatic heterocycles. The number of nitrogens with one attached hydrogen (secondary N) is 1. The number of carbonyl (C=O) groups excluding carboxylic acids is 1. The highest BCUT2D eigenvalue weighted by molar-refractivity contribution is 5.80. The molecular weight excluding hydrogens is 253 g/mol. The molecule has 1 N–H and O–H groups in total. The van der Waals surface area contributed by atoms with Gasteiger partial charge in [-0.15, -0.1) is 0 Å². The van der Waals surface area contributed by atoms with E-state index in [1.54, 1.807) is 0 Å². The monoisotopic (exact) mass is 263 g/mol. The van der Waals surface area contributed by atoms with Crippen molar-refractivity contribution in [1.29, 1.82) is 0 Å². The molecule has 1 amide bonds. The van der Waals surface area contributed by atoms with Gasteiger partial charge in [-0.1, -0.05) is 0 Å². The molecule has 19 heavy (non-hydrogen) atoms. The Hall–Kier alpha value is -2.44. The van der Waals surface area contributed by atoms with E-state index in [4.69, 9.17) is 9.47 Å². The molecular formula is C12H10FN3O3. The SMILES string of the molecule is COc1cnc2ccc(F)c([C@H]3COC(=O)N3)c2n1. The second-order valence-electron chi connectivity index (χ2n) is 4.04. The van der Waals surface area contributed by atoms with Crippen LogP contribution < -0.4 is 10.1 Å². The van der Waals surface area contributed by atoms with E-state index in [0.717, 1.165) is 0 Å². The molecule has 98 valence electrons. The van der Waals surface area contributed by atoms with E-state index < -0.39 is 18.0 Å². The van der Waals surface area contributed by atoms with Crippen LogP contribution in [0.3, 0.4) is 0 Å². The first-order valence-corrected chi connectivity index (χ1v) is 5.61. The van der Waals surface area contributed by atoms with E-state index in [-0.39, 0.29) is 18.1 Å². The number of nitrogens with zero attached hydrogens (tertiary/aromatic N) is 2. The normalized spacial score (nSPS) is 18.2. The number of amides is 1.